The molecule has 1 N–H and O–H groups in total. The van der Waals surface area contributed by atoms with Gasteiger partial charge in [0, 0.05) is 0 Å². The van der Waals surface area contributed by atoms with Crippen LogP contribution in [-0.2, 0) is 17.0 Å². The first-order chi connectivity index (χ1) is 8.48. The molecule has 1 aliphatic rings. The second kappa shape index (κ2) is 5.93. The van der Waals surface area contributed by atoms with Crippen LogP contribution in [0.5, 0.6) is 0 Å². The third kappa shape index (κ3) is 2.71. The minimum absolute atomic E-state index is 0.172. The molecular formula is C13H18Cl2OSiZr. The Morgan fingerprint density at radius 1 is 1.28 bits per heavy atom. The van der Waals surface area contributed by atoms with Crippen LogP contribution in [0.3, 0.4) is 0 Å². The summed E-state index contributed by atoms with van der Waals surface area (Å²) in [6.07, 6.45) is 2.88. The molecule has 0 amide bonds. The van der Waals surface area contributed by atoms with Crippen LogP contribution in [0.4, 0.5) is 0 Å². The summed E-state index contributed by atoms with van der Waals surface area (Å²) in [5.41, 5.74) is 3.78. The van der Waals surface area contributed by atoms with Crippen LogP contribution in [0, 0.1) is 0 Å². The van der Waals surface area contributed by atoms with Gasteiger partial charge < -0.3 is 0 Å². The average Bonchev–Trinajstić information content (AvgIpc) is 2.67. The summed E-state index contributed by atoms with van der Waals surface area (Å²) < 4.78 is 0.248. The molecule has 0 spiro atoms. The number of benzene rings is 1. The summed E-state index contributed by atoms with van der Waals surface area (Å²) in [7, 11) is 13.7. The Morgan fingerprint density at radius 2 is 1.94 bits per heavy atom. The maximum atomic E-state index is 9.24. The predicted molar refractivity (Wildman–Crippen MR) is 79.4 cm³/mol. The van der Waals surface area contributed by atoms with E-state index >= 15 is 0 Å². The number of halogens is 2. The summed E-state index contributed by atoms with van der Waals surface area (Å²) in [4.78, 5) is 0. The van der Waals surface area contributed by atoms with Gasteiger partial charge in [-0.1, -0.05) is 0 Å². The van der Waals surface area contributed by atoms with Gasteiger partial charge in [-0.25, -0.2) is 0 Å². The zero-order chi connectivity index (χ0) is 13.3. The van der Waals surface area contributed by atoms with Crippen molar-refractivity contribution < 1.29 is 22.1 Å². The first-order valence-corrected chi connectivity index (χ1v) is 21.2. The summed E-state index contributed by atoms with van der Waals surface area (Å²) in [6.45, 7) is 4.69. The van der Waals surface area contributed by atoms with E-state index in [1.165, 1.54) is 16.7 Å². The monoisotopic (exact) mass is 378 g/mol. The Labute approximate surface area is 121 Å². The number of hydrogen-bond acceptors (Lipinski definition) is 1. The van der Waals surface area contributed by atoms with Crippen LogP contribution < -0.4 is 0 Å². The predicted octanol–water partition coefficient (Wildman–Crippen LogP) is 3.95. The van der Waals surface area contributed by atoms with E-state index in [-0.39, 0.29) is 10.2 Å². The molecule has 1 aliphatic carbocycles. The fourth-order valence-corrected chi connectivity index (χ4v) is 16.9. The number of hydrogen-bond donors (Lipinski definition) is 1. The molecule has 1 nitrogen and oxygen atoms in total. The zero-order valence-electron chi connectivity index (χ0n) is 10.7. The molecule has 98 valence electrons. The molecule has 1 atom stereocenters. The Kier molecular flexibility index (Phi) is 4.94. The van der Waals surface area contributed by atoms with Crippen molar-refractivity contribution in [3.63, 3.8) is 0 Å². The van der Waals surface area contributed by atoms with Gasteiger partial charge in [-0.15, -0.1) is 0 Å². The van der Waals surface area contributed by atoms with Crippen LogP contribution in [-0.4, -0.2) is 17.6 Å². The van der Waals surface area contributed by atoms with Crippen molar-refractivity contribution in [2.75, 3.05) is 6.61 Å². The van der Waals surface area contributed by atoms with Crippen molar-refractivity contribution in [1.82, 2.24) is 0 Å². The average molecular weight is 381 g/mol. The Balaban J connectivity index is 2.46. The van der Waals surface area contributed by atoms with Crippen LogP contribution in [0.2, 0.25) is 13.1 Å². The van der Waals surface area contributed by atoms with Gasteiger partial charge in [-0.3, -0.25) is 0 Å². The molecule has 0 saturated heterocycles. The third-order valence-corrected chi connectivity index (χ3v) is 40.1. The Bertz CT molecular complexity index is 474. The summed E-state index contributed by atoms with van der Waals surface area (Å²) >= 11 is -3.11. The maximum absolute atomic E-state index is 9.24. The molecule has 1 aromatic rings. The fraction of sp³-hybridized carbons (Fsp3) is 0.385. The van der Waals surface area contributed by atoms with Gasteiger partial charge in [0.1, 0.15) is 0 Å². The molecule has 0 aliphatic heterocycles. The van der Waals surface area contributed by atoms with Crippen LogP contribution in [0.1, 0.15) is 21.2 Å². The Morgan fingerprint density at radius 3 is 2.56 bits per heavy atom. The fourth-order valence-electron chi connectivity index (χ4n) is 2.52. The van der Waals surface area contributed by atoms with Crippen molar-refractivity contribution in [3.05, 3.63) is 41.0 Å². The minimum atomic E-state index is -3.11. The molecule has 0 bridgehead atoms. The van der Waals surface area contributed by atoms with Gasteiger partial charge in [0.25, 0.3) is 0 Å². The second-order valence-electron chi connectivity index (χ2n) is 5.08. The van der Waals surface area contributed by atoms with Gasteiger partial charge in [-0.05, 0) is 0 Å². The summed E-state index contributed by atoms with van der Waals surface area (Å²) in [5, 5.41) is 9.24. The van der Waals surface area contributed by atoms with E-state index in [0.717, 1.165) is 0 Å². The van der Waals surface area contributed by atoms with Crippen molar-refractivity contribution in [1.29, 1.82) is 0 Å². The Hall–Kier alpha value is 0.600. The number of aliphatic hydroxyl groups excluding tert-OH is 1. The molecule has 0 fully saturated rings. The topological polar surface area (TPSA) is 20.2 Å². The molecular weight excluding hydrogens is 362 g/mol. The molecule has 0 radical (unpaired) electrons. The van der Waals surface area contributed by atoms with E-state index in [4.69, 9.17) is 17.0 Å². The molecule has 0 heterocycles. The van der Waals surface area contributed by atoms with E-state index in [0.29, 0.717) is 6.42 Å². The summed E-state index contributed by atoms with van der Waals surface area (Å²) in [5.74, 6) is -1.04. The van der Waals surface area contributed by atoms with E-state index < -0.39 is 23.0 Å². The van der Waals surface area contributed by atoms with E-state index in [2.05, 4.69) is 37.4 Å². The van der Waals surface area contributed by atoms with Crippen molar-refractivity contribution in [2.24, 2.45) is 0 Å². The van der Waals surface area contributed by atoms with Gasteiger partial charge in [-0.2, -0.15) is 0 Å². The van der Waals surface area contributed by atoms with Gasteiger partial charge in [0.15, 0.2) is 0 Å². The molecule has 0 aromatic heterocycles. The molecule has 1 aromatic carbocycles. The van der Waals surface area contributed by atoms with Gasteiger partial charge >= 0.3 is 122 Å². The molecule has 5 heteroatoms. The van der Waals surface area contributed by atoms with Crippen molar-refractivity contribution in [2.45, 2.75) is 23.1 Å². The van der Waals surface area contributed by atoms with Gasteiger partial charge in [0.2, 0.25) is 0 Å². The standard InChI is InChI=1S/C11H11O.C2H7Si.2ClH.Zr/c12-6-5-9-7-10-3-1-2-4-11(10)8-9;1-3-2;;;/h1-4,7-8,12H,5-6H2;3H,1-2H3;2*1H;/q;;;;+2/p-2. The third-order valence-electron chi connectivity index (χ3n) is 3.57. The number of aliphatic hydroxyl groups is 1. The SMILES string of the molecule is C[SiH](C)[Zr]([Cl])([Cl])[CH]1C(CCO)=Cc2ccccc21. The molecule has 2 rings (SSSR count). The van der Waals surface area contributed by atoms with E-state index in [9.17, 15) is 5.11 Å². The van der Waals surface area contributed by atoms with Crippen molar-refractivity contribution in [3.8, 4) is 0 Å². The first-order valence-electron chi connectivity index (χ1n) is 6.26. The number of rotatable bonds is 4. The zero-order valence-corrected chi connectivity index (χ0v) is 15.8. The second-order valence-corrected chi connectivity index (χ2v) is 38.9. The molecule has 0 saturated carbocycles. The summed E-state index contributed by atoms with van der Waals surface area (Å²) in [6, 6.07) is 8.36. The normalized spacial score (nSPS) is 19.0. The molecule has 18 heavy (non-hydrogen) atoms. The van der Waals surface area contributed by atoms with E-state index in [1.807, 2.05) is 6.07 Å². The van der Waals surface area contributed by atoms with E-state index in [1.54, 1.807) is 0 Å². The van der Waals surface area contributed by atoms with Crippen LogP contribution >= 0.6 is 17.0 Å². The first kappa shape index (κ1) is 15.0. The number of fused-ring (bicyclic) bond motifs is 1. The van der Waals surface area contributed by atoms with Gasteiger partial charge in [0.05, 0.1) is 0 Å². The van der Waals surface area contributed by atoms with Crippen molar-refractivity contribution >= 4 is 29.0 Å². The van der Waals surface area contributed by atoms with Crippen LogP contribution in [0.25, 0.3) is 6.08 Å². The quantitative estimate of drug-likeness (QED) is 0.784. The molecule has 1 unspecified atom stereocenters. The van der Waals surface area contributed by atoms with Crippen LogP contribution in [0.15, 0.2) is 29.8 Å².